The second kappa shape index (κ2) is 9.26. The minimum atomic E-state index is -0.198. The van der Waals surface area contributed by atoms with E-state index in [9.17, 15) is 4.79 Å². The zero-order valence-corrected chi connectivity index (χ0v) is 15.1. The molecule has 0 N–H and O–H groups in total. The molecule has 3 heteroatoms. The van der Waals surface area contributed by atoms with Crippen LogP contribution in [0.2, 0.25) is 0 Å². The van der Waals surface area contributed by atoms with Crippen LogP contribution < -0.4 is 4.74 Å². The van der Waals surface area contributed by atoms with E-state index in [1.165, 1.54) is 7.11 Å². The molecule has 0 saturated carbocycles. The number of benzene rings is 3. The molecular weight excluding hydrogens is 336 g/mol. The average molecular weight is 356 g/mol. The van der Waals surface area contributed by atoms with Gasteiger partial charge in [-0.15, -0.1) is 0 Å². The van der Waals surface area contributed by atoms with Crippen LogP contribution >= 0.6 is 0 Å². The Morgan fingerprint density at radius 2 is 1.52 bits per heavy atom. The molecule has 0 unspecified atom stereocenters. The molecular formula is C24H20O3. The number of methoxy groups -OCH3 is 1. The fourth-order valence-corrected chi connectivity index (χ4v) is 2.51. The van der Waals surface area contributed by atoms with Crippen molar-refractivity contribution in [3.8, 4) is 23.3 Å². The van der Waals surface area contributed by atoms with E-state index in [4.69, 9.17) is 4.74 Å². The van der Waals surface area contributed by atoms with E-state index < -0.39 is 0 Å². The number of ether oxygens (including phenoxy) is 2. The van der Waals surface area contributed by atoms with E-state index in [1.54, 1.807) is 0 Å². The molecule has 27 heavy (non-hydrogen) atoms. The Kier molecular flexibility index (Phi) is 6.27. The third kappa shape index (κ3) is 5.76. The van der Waals surface area contributed by atoms with Crippen molar-refractivity contribution in [1.82, 2.24) is 0 Å². The molecule has 0 aliphatic rings. The Morgan fingerprint density at radius 3 is 2.26 bits per heavy atom. The highest BCUT2D eigenvalue weighted by molar-refractivity contribution is 5.69. The van der Waals surface area contributed by atoms with Crippen LogP contribution in [0.25, 0.3) is 0 Å². The summed E-state index contributed by atoms with van der Waals surface area (Å²) in [5, 5.41) is 0. The first kappa shape index (κ1) is 18.3. The summed E-state index contributed by atoms with van der Waals surface area (Å²) in [6.45, 7) is 0. The maximum Gasteiger partial charge on any atom is 0.305 e. The normalized spacial score (nSPS) is 9.81. The van der Waals surface area contributed by atoms with Crippen LogP contribution in [-0.2, 0) is 16.0 Å². The van der Waals surface area contributed by atoms with Gasteiger partial charge in [-0.2, -0.15) is 0 Å². The number of rotatable bonds is 5. The van der Waals surface area contributed by atoms with E-state index in [1.807, 2.05) is 78.9 Å². The average Bonchev–Trinajstić information content (AvgIpc) is 2.72. The first-order valence-electron chi connectivity index (χ1n) is 8.74. The third-order valence-corrected chi connectivity index (χ3v) is 3.96. The van der Waals surface area contributed by atoms with E-state index in [-0.39, 0.29) is 5.97 Å². The van der Waals surface area contributed by atoms with Crippen LogP contribution in [0.1, 0.15) is 23.1 Å². The zero-order chi connectivity index (χ0) is 18.9. The molecule has 0 saturated heterocycles. The molecule has 3 nitrogen and oxygen atoms in total. The summed E-state index contributed by atoms with van der Waals surface area (Å²) in [5.74, 6) is 7.67. The quantitative estimate of drug-likeness (QED) is 0.477. The Bertz CT molecular complexity index is 948. The predicted molar refractivity (Wildman–Crippen MR) is 106 cm³/mol. The second-order valence-electron chi connectivity index (χ2n) is 5.97. The van der Waals surface area contributed by atoms with Gasteiger partial charge in [0, 0.05) is 17.5 Å². The standard InChI is InChI=1S/C24H20O3/c1-26-24(25)17-16-20-12-10-19(11-13-20)14-15-21-6-5-9-23(18-21)27-22-7-3-2-4-8-22/h2-13,18H,16-17H2,1H3. The monoisotopic (exact) mass is 356 g/mol. The molecule has 0 amide bonds. The van der Waals surface area contributed by atoms with Gasteiger partial charge < -0.3 is 9.47 Å². The van der Waals surface area contributed by atoms with Gasteiger partial charge >= 0.3 is 5.97 Å². The maximum atomic E-state index is 11.2. The van der Waals surface area contributed by atoms with E-state index in [0.29, 0.717) is 12.8 Å². The van der Waals surface area contributed by atoms with Crippen molar-refractivity contribution < 1.29 is 14.3 Å². The molecule has 0 fully saturated rings. The van der Waals surface area contributed by atoms with Crippen LogP contribution in [0.15, 0.2) is 78.9 Å². The molecule has 0 aliphatic heterocycles. The van der Waals surface area contributed by atoms with Gasteiger partial charge in [-0.3, -0.25) is 4.79 Å². The van der Waals surface area contributed by atoms with E-state index in [0.717, 1.165) is 28.2 Å². The molecule has 3 aromatic carbocycles. The molecule has 0 atom stereocenters. The first-order chi connectivity index (χ1) is 13.2. The predicted octanol–water partition coefficient (Wildman–Crippen LogP) is 4.98. The summed E-state index contributed by atoms with van der Waals surface area (Å²) in [6.07, 6.45) is 1.05. The summed E-state index contributed by atoms with van der Waals surface area (Å²) in [6, 6.07) is 25.3. The highest BCUT2D eigenvalue weighted by atomic mass is 16.5. The van der Waals surface area contributed by atoms with Crippen LogP contribution in [0, 0.1) is 11.8 Å². The molecule has 0 bridgehead atoms. The fourth-order valence-electron chi connectivity index (χ4n) is 2.51. The number of aryl methyl sites for hydroxylation is 1. The molecule has 0 heterocycles. The smallest absolute Gasteiger partial charge is 0.305 e. The van der Waals surface area contributed by atoms with Gasteiger partial charge in [-0.05, 0) is 54.4 Å². The highest BCUT2D eigenvalue weighted by Gasteiger charge is 2.01. The van der Waals surface area contributed by atoms with E-state index >= 15 is 0 Å². The lowest BCUT2D eigenvalue weighted by molar-refractivity contribution is -0.140. The molecule has 0 aliphatic carbocycles. The van der Waals surface area contributed by atoms with Crippen LogP contribution in [0.3, 0.4) is 0 Å². The van der Waals surface area contributed by atoms with Crippen LogP contribution in [0.5, 0.6) is 11.5 Å². The molecule has 3 rings (SSSR count). The lowest BCUT2D eigenvalue weighted by Crippen LogP contribution is -2.01. The Labute approximate surface area is 159 Å². The SMILES string of the molecule is COC(=O)CCc1ccc(C#Cc2cccc(Oc3ccccc3)c2)cc1. The molecule has 134 valence electrons. The number of hydrogen-bond donors (Lipinski definition) is 0. The Balaban J connectivity index is 1.65. The van der Waals surface area contributed by atoms with Crippen molar-refractivity contribution in [1.29, 1.82) is 0 Å². The van der Waals surface area contributed by atoms with Crippen LogP contribution in [0.4, 0.5) is 0 Å². The number of hydrogen-bond acceptors (Lipinski definition) is 3. The van der Waals surface area contributed by atoms with Crippen molar-refractivity contribution in [2.24, 2.45) is 0 Å². The lowest BCUT2D eigenvalue weighted by atomic mass is 10.1. The van der Waals surface area contributed by atoms with Gasteiger partial charge in [0.05, 0.1) is 7.11 Å². The Morgan fingerprint density at radius 1 is 0.815 bits per heavy atom. The zero-order valence-electron chi connectivity index (χ0n) is 15.1. The van der Waals surface area contributed by atoms with Crippen molar-refractivity contribution in [2.45, 2.75) is 12.8 Å². The third-order valence-electron chi connectivity index (χ3n) is 3.96. The summed E-state index contributed by atoms with van der Waals surface area (Å²) >= 11 is 0. The summed E-state index contributed by atoms with van der Waals surface area (Å²) in [7, 11) is 1.40. The number of para-hydroxylation sites is 1. The Hall–Kier alpha value is -3.51. The highest BCUT2D eigenvalue weighted by Crippen LogP contribution is 2.21. The van der Waals surface area contributed by atoms with Gasteiger partial charge in [-0.25, -0.2) is 0 Å². The largest absolute Gasteiger partial charge is 0.469 e. The molecule has 0 spiro atoms. The van der Waals surface area contributed by atoms with Gasteiger partial charge in [0.1, 0.15) is 11.5 Å². The summed E-state index contributed by atoms with van der Waals surface area (Å²) in [4.78, 5) is 11.2. The van der Waals surface area contributed by atoms with Gasteiger partial charge in [0.25, 0.3) is 0 Å². The molecule has 3 aromatic rings. The van der Waals surface area contributed by atoms with Crippen molar-refractivity contribution in [3.63, 3.8) is 0 Å². The minimum Gasteiger partial charge on any atom is -0.469 e. The van der Waals surface area contributed by atoms with Crippen molar-refractivity contribution in [2.75, 3.05) is 7.11 Å². The summed E-state index contributed by atoms with van der Waals surface area (Å²) < 4.78 is 10.5. The van der Waals surface area contributed by atoms with Gasteiger partial charge in [-0.1, -0.05) is 48.2 Å². The first-order valence-corrected chi connectivity index (χ1v) is 8.74. The van der Waals surface area contributed by atoms with Crippen molar-refractivity contribution >= 4 is 5.97 Å². The summed E-state index contributed by atoms with van der Waals surface area (Å²) in [5.41, 5.74) is 2.90. The molecule has 0 radical (unpaired) electrons. The number of carbonyl (C=O) groups excluding carboxylic acids is 1. The topological polar surface area (TPSA) is 35.5 Å². The van der Waals surface area contributed by atoms with E-state index in [2.05, 4.69) is 16.6 Å². The second-order valence-corrected chi connectivity index (χ2v) is 5.97. The van der Waals surface area contributed by atoms with Gasteiger partial charge in [0.15, 0.2) is 0 Å². The van der Waals surface area contributed by atoms with Crippen molar-refractivity contribution in [3.05, 3.63) is 95.6 Å². The fraction of sp³-hybridized carbons (Fsp3) is 0.125. The van der Waals surface area contributed by atoms with Crippen LogP contribution in [-0.4, -0.2) is 13.1 Å². The number of esters is 1. The number of carbonyl (C=O) groups is 1. The molecule has 0 aromatic heterocycles. The maximum absolute atomic E-state index is 11.2. The van der Waals surface area contributed by atoms with Gasteiger partial charge in [0.2, 0.25) is 0 Å². The lowest BCUT2D eigenvalue weighted by Gasteiger charge is -2.05. The minimum absolute atomic E-state index is 0.198.